The molecule has 2 nitrogen and oxygen atoms in total. The van der Waals surface area contributed by atoms with Gasteiger partial charge < -0.3 is 5.11 Å². The summed E-state index contributed by atoms with van der Waals surface area (Å²) in [6, 6.07) is 0. The van der Waals surface area contributed by atoms with Crippen LogP contribution in [-0.2, 0) is 4.79 Å². The lowest BCUT2D eigenvalue weighted by molar-refractivity contribution is -0.133. The fraction of sp³-hybridized carbons (Fsp3) is 0.750. The second kappa shape index (κ2) is 2.85. The number of carbonyl (C=O) groups is 1. The second-order valence-electron chi connectivity index (χ2n) is 5.30. The van der Waals surface area contributed by atoms with Crippen molar-refractivity contribution in [2.75, 3.05) is 0 Å². The Hall–Kier alpha value is -0.790. The second-order valence-corrected chi connectivity index (χ2v) is 5.30. The standard InChI is InChI=1S/C12H18O2/c1-7(11(13)14)9-5-4-8-6-10(9)12(8,2)3/h8,10H,4-6H2,1-3H3,(H,13,14)/b9-7+. The smallest absolute Gasteiger partial charge is 0.331 e. The lowest BCUT2D eigenvalue weighted by Gasteiger charge is -2.58. The van der Waals surface area contributed by atoms with Crippen LogP contribution in [0.25, 0.3) is 0 Å². The van der Waals surface area contributed by atoms with E-state index in [2.05, 4.69) is 13.8 Å². The highest BCUT2D eigenvalue weighted by Gasteiger charge is 2.52. The van der Waals surface area contributed by atoms with E-state index in [0.29, 0.717) is 16.9 Å². The third-order valence-electron chi connectivity index (χ3n) is 4.46. The molecular formula is C12H18O2. The molecule has 0 spiro atoms. The predicted octanol–water partition coefficient (Wildman–Crippen LogP) is 2.84. The van der Waals surface area contributed by atoms with Crippen LogP contribution >= 0.6 is 0 Å². The molecule has 0 aliphatic heterocycles. The average Bonchev–Trinajstić information content (AvgIpc) is 2.16. The molecule has 0 aromatic rings. The number of carboxylic acids is 1. The van der Waals surface area contributed by atoms with Crippen LogP contribution in [0.1, 0.15) is 40.0 Å². The van der Waals surface area contributed by atoms with Crippen LogP contribution in [0.3, 0.4) is 0 Å². The van der Waals surface area contributed by atoms with Gasteiger partial charge in [0.15, 0.2) is 0 Å². The quantitative estimate of drug-likeness (QED) is 0.652. The molecule has 3 saturated carbocycles. The molecule has 2 bridgehead atoms. The van der Waals surface area contributed by atoms with Gasteiger partial charge in [-0.3, -0.25) is 0 Å². The lowest BCUT2D eigenvalue weighted by Crippen LogP contribution is -2.49. The van der Waals surface area contributed by atoms with E-state index in [0.717, 1.165) is 12.3 Å². The van der Waals surface area contributed by atoms with E-state index >= 15 is 0 Å². The third kappa shape index (κ3) is 1.13. The van der Waals surface area contributed by atoms with Gasteiger partial charge in [0.05, 0.1) is 0 Å². The van der Waals surface area contributed by atoms with Gasteiger partial charge in [0.2, 0.25) is 0 Å². The first-order valence-corrected chi connectivity index (χ1v) is 5.37. The molecule has 2 heteroatoms. The average molecular weight is 194 g/mol. The van der Waals surface area contributed by atoms with E-state index in [-0.39, 0.29) is 0 Å². The van der Waals surface area contributed by atoms with E-state index in [1.54, 1.807) is 6.92 Å². The van der Waals surface area contributed by atoms with Crippen molar-refractivity contribution in [3.63, 3.8) is 0 Å². The highest BCUT2D eigenvalue weighted by molar-refractivity contribution is 5.87. The van der Waals surface area contributed by atoms with Gasteiger partial charge in [-0.2, -0.15) is 0 Å². The molecule has 3 fully saturated rings. The Kier molecular flexibility index (Phi) is 1.98. The number of allylic oxidation sites excluding steroid dienone is 1. The number of rotatable bonds is 1. The van der Waals surface area contributed by atoms with E-state index in [9.17, 15) is 4.79 Å². The minimum Gasteiger partial charge on any atom is -0.478 e. The highest BCUT2D eigenvalue weighted by atomic mass is 16.4. The molecule has 1 N–H and O–H groups in total. The number of hydrogen-bond acceptors (Lipinski definition) is 1. The maximum Gasteiger partial charge on any atom is 0.331 e. The molecule has 2 unspecified atom stereocenters. The zero-order valence-electron chi connectivity index (χ0n) is 9.13. The molecule has 0 amide bonds. The van der Waals surface area contributed by atoms with Gasteiger partial charge in [0, 0.05) is 5.57 Å². The van der Waals surface area contributed by atoms with E-state index in [1.807, 2.05) is 0 Å². The van der Waals surface area contributed by atoms with Gasteiger partial charge >= 0.3 is 5.97 Å². The Bertz CT molecular complexity index is 310. The molecule has 14 heavy (non-hydrogen) atoms. The molecule has 0 aromatic carbocycles. The summed E-state index contributed by atoms with van der Waals surface area (Å²) in [6.45, 7) is 6.31. The summed E-state index contributed by atoms with van der Waals surface area (Å²) < 4.78 is 0. The molecule has 78 valence electrons. The highest BCUT2D eigenvalue weighted by Crippen LogP contribution is 2.61. The van der Waals surface area contributed by atoms with E-state index in [4.69, 9.17) is 5.11 Å². The minimum atomic E-state index is -0.735. The van der Waals surface area contributed by atoms with Gasteiger partial charge in [-0.15, -0.1) is 0 Å². The summed E-state index contributed by atoms with van der Waals surface area (Å²) in [5, 5.41) is 8.98. The number of hydrogen-bond donors (Lipinski definition) is 1. The van der Waals surface area contributed by atoms with Crippen molar-refractivity contribution in [1.29, 1.82) is 0 Å². The summed E-state index contributed by atoms with van der Waals surface area (Å²) >= 11 is 0. The Labute approximate surface area is 85.0 Å². The first-order valence-electron chi connectivity index (χ1n) is 5.37. The van der Waals surface area contributed by atoms with Crippen molar-refractivity contribution in [3.05, 3.63) is 11.1 Å². The first-order chi connectivity index (χ1) is 6.44. The largest absolute Gasteiger partial charge is 0.478 e. The summed E-state index contributed by atoms with van der Waals surface area (Å²) in [5.74, 6) is 0.636. The topological polar surface area (TPSA) is 37.3 Å². The molecule has 2 atom stereocenters. The zero-order valence-corrected chi connectivity index (χ0v) is 9.13. The summed E-state index contributed by atoms with van der Waals surface area (Å²) in [6.07, 6.45) is 3.41. The monoisotopic (exact) mass is 194 g/mol. The molecule has 0 radical (unpaired) electrons. The van der Waals surface area contributed by atoms with Gasteiger partial charge in [-0.1, -0.05) is 19.4 Å². The maximum atomic E-state index is 10.9. The summed E-state index contributed by atoms with van der Waals surface area (Å²) in [7, 11) is 0. The molecule has 0 heterocycles. The molecular weight excluding hydrogens is 176 g/mol. The molecule has 3 aliphatic carbocycles. The van der Waals surface area contributed by atoms with E-state index < -0.39 is 5.97 Å². The number of carboxylic acid groups (broad SMARTS) is 1. The number of fused-ring (bicyclic) bond motifs is 2. The van der Waals surface area contributed by atoms with Crippen LogP contribution in [0.15, 0.2) is 11.1 Å². The first kappa shape index (κ1) is 9.75. The van der Waals surface area contributed by atoms with Gasteiger partial charge in [0.1, 0.15) is 0 Å². The minimum absolute atomic E-state index is 0.351. The normalized spacial score (nSPS) is 37.4. The molecule has 0 saturated heterocycles. The van der Waals surface area contributed by atoms with Crippen LogP contribution < -0.4 is 0 Å². The number of aliphatic carboxylic acids is 1. The van der Waals surface area contributed by atoms with Crippen molar-refractivity contribution >= 4 is 5.97 Å². The van der Waals surface area contributed by atoms with E-state index in [1.165, 1.54) is 18.4 Å². The SMILES string of the molecule is C/C(C(=O)O)=C1/CCC2CC1C2(C)C. The predicted molar refractivity (Wildman–Crippen MR) is 54.9 cm³/mol. The Balaban J connectivity index is 2.31. The maximum absolute atomic E-state index is 10.9. The van der Waals surface area contributed by atoms with Crippen LogP contribution in [0, 0.1) is 17.3 Å². The Morgan fingerprint density at radius 3 is 2.57 bits per heavy atom. The Morgan fingerprint density at radius 2 is 2.14 bits per heavy atom. The van der Waals surface area contributed by atoms with Crippen molar-refractivity contribution in [2.24, 2.45) is 17.3 Å². The fourth-order valence-electron chi connectivity index (χ4n) is 3.19. The molecule has 3 aliphatic rings. The van der Waals surface area contributed by atoms with Gasteiger partial charge in [-0.05, 0) is 43.4 Å². The van der Waals surface area contributed by atoms with Crippen LogP contribution in [0.2, 0.25) is 0 Å². The molecule has 0 aromatic heterocycles. The Morgan fingerprint density at radius 1 is 1.50 bits per heavy atom. The summed E-state index contributed by atoms with van der Waals surface area (Å²) in [5.41, 5.74) is 2.16. The van der Waals surface area contributed by atoms with Crippen LogP contribution in [0.4, 0.5) is 0 Å². The van der Waals surface area contributed by atoms with Crippen molar-refractivity contribution < 1.29 is 9.90 Å². The zero-order chi connectivity index (χ0) is 10.5. The van der Waals surface area contributed by atoms with Crippen molar-refractivity contribution in [2.45, 2.75) is 40.0 Å². The fourth-order valence-corrected chi connectivity index (χ4v) is 3.19. The third-order valence-corrected chi connectivity index (χ3v) is 4.46. The van der Waals surface area contributed by atoms with Crippen LogP contribution in [-0.4, -0.2) is 11.1 Å². The van der Waals surface area contributed by atoms with Crippen molar-refractivity contribution in [1.82, 2.24) is 0 Å². The van der Waals surface area contributed by atoms with Crippen LogP contribution in [0.5, 0.6) is 0 Å². The lowest BCUT2D eigenvalue weighted by atomic mass is 9.47. The molecule has 3 rings (SSSR count). The van der Waals surface area contributed by atoms with Crippen molar-refractivity contribution in [3.8, 4) is 0 Å². The van der Waals surface area contributed by atoms with Gasteiger partial charge in [0.25, 0.3) is 0 Å². The van der Waals surface area contributed by atoms with Gasteiger partial charge in [-0.25, -0.2) is 4.79 Å². The summed E-state index contributed by atoms with van der Waals surface area (Å²) in [4.78, 5) is 10.9.